The van der Waals surface area contributed by atoms with Crippen LogP contribution in [0.5, 0.6) is 0 Å². The number of nitrogens with zero attached hydrogens (tertiary/aromatic N) is 2. The maximum Gasteiger partial charge on any atom is 0.251 e. The van der Waals surface area contributed by atoms with Crippen LogP contribution in [0.1, 0.15) is 40.9 Å². The number of aromatic amines is 1. The van der Waals surface area contributed by atoms with Crippen molar-refractivity contribution in [3.8, 4) is 17.5 Å². The molecule has 0 fully saturated rings. The van der Waals surface area contributed by atoms with Crippen LogP contribution in [0.3, 0.4) is 0 Å². The number of carbonyl (C=O) groups is 1. The number of nitriles is 1. The number of H-pyrrole nitrogens is 1. The zero-order valence-corrected chi connectivity index (χ0v) is 14.3. The predicted molar refractivity (Wildman–Crippen MR) is 98.8 cm³/mol. The second-order valence-electron chi connectivity index (χ2n) is 6.11. The molecule has 3 aromatic rings. The molecular weight excluding hydrogens is 326 g/mol. The summed E-state index contributed by atoms with van der Waals surface area (Å²) in [4.78, 5) is 31.6. The summed E-state index contributed by atoms with van der Waals surface area (Å²) in [6, 6.07) is 19.7. The van der Waals surface area contributed by atoms with E-state index in [1.165, 1.54) is 6.07 Å². The maximum absolute atomic E-state index is 12.6. The summed E-state index contributed by atoms with van der Waals surface area (Å²) in [5, 5.41) is 8.86. The van der Waals surface area contributed by atoms with Crippen LogP contribution >= 0.6 is 0 Å². The fourth-order valence-electron chi connectivity index (χ4n) is 2.72. The normalized spacial score (nSPS) is 11.5. The Morgan fingerprint density at radius 1 is 1.15 bits per heavy atom. The number of hydrogen-bond donors (Lipinski definition) is 1. The van der Waals surface area contributed by atoms with E-state index in [0.29, 0.717) is 11.4 Å². The molecule has 0 amide bonds. The molecule has 1 atom stereocenters. The van der Waals surface area contributed by atoms with Gasteiger partial charge in [0, 0.05) is 18.1 Å². The summed E-state index contributed by atoms with van der Waals surface area (Å²) < 4.78 is 0. The molecule has 0 aliphatic carbocycles. The zero-order valence-electron chi connectivity index (χ0n) is 14.3. The highest BCUT2D eigenvalue weighted by Crippen LogP contribution is 2.21. The molecule has 0 aliphatic heterocycles. The predicted octanol–water partition coefficient (Wildman–Crippen LogP) is 3.69. The smallest absolute Gasteiger partial charge is 0.251 e. The van der Waals surface area contributed by atoms with Gasteiger partial charge in [-0.05, 0) is 23.6 Å². The monoisotopic (exact) mass is 343 g/mol. The minimum Gasteiger partial charge on any atom is -0.306 e. The molecule has 5 heteroatoms. The van der Waals surface area contributed by atoms with Gasteiger partial charge in [0.05, 0.1) is 11.6 Å². The maximum atomic E-state index is 12.6. The van der Waals surface area contributed by atoms with E-state index in [1.807, 2.05) is 49.4 Å². The van der Waals surface area contributed by atoms with E-state index in [9.17, 15) is 9.59 Å². The Morgan fingerprint density at radius 3 is 2.50 bits per heavy atom. The van der Waals surface area contributed by atoms with E-state index in [1.54, 1.807) is 12.1 Å². The first kappa shape index (κ1) is 17.3. The first-order chi connectivity index (χ1) is 12.6. The lowest BCUT2D eigenvalue weighted by Crippen LogP contribution is -2.15. The number of carbonyl (C=O) groups excluding carboxylic acids is 1. The van der Waals surface area contributed by atoms with Crippen LogP contribution in [-0.4, -0.2) is 15.8 Å². The second kappa shape index (κ2) is 7.58. The van der Waals surface area contributed by atoms with Crippen molar-refractivity contribution in [1.29, 1.82) is 5.26 Å². The van der Waals surface area contributed by atoms with Gasteiger partial charge in [-0.15, -0.1) is 0 Å². The van der Waals surface area contributed by atoms with Crippen LogP contribution in [0, 0.1) is 11.3 Å². The Labute approximate surface area is 151 Å². The first-order valence-corrected chi connectivity index (χ1v) is 8.27. The van der Waals surface area contributed by atoms with Gasteiger partial charge in [-0.2, -0.15) is 5.26 Å². The van der Waals surface area contributed by atoms with Crippen molar-refractivity contribution < 1.29 is 4.79 Å². The van der Waals surface area contributed by atoms with Crippen LogP contribution in [-0.2, 0) is 0 Å². The summed E-state index contributed by atoms with van der Waals surface area (Å²) in [5.74, 6) is 0.147. The van der Waals surface area contributed by atoms with E-state index in [2.05, 4.69) is 16.0 Å². The molecule has 1 unspecified atom stereocenters. The van der Waals surface area contributed by atoms with Gasteiger partial charge in [0.25, 0.3) is 5.56 Å². The fraction of sp³-hybridized carbons (Fsp3) is 0.143. The van der Waals surface area contributed by atoms with Crippen LogP contribution in [0.15, 0.2) is 65.5 Å². The molecule has 1 aromatic heterocycles. The quantitative estimate of drug-likeness (QED) is 0.716. The van der Waals surface area contributed by atoms with Gasteiger partial charge in [0.15, 0.2) is 5.78 Å². The van der Waals surface area contributed by atoms with Gasteiger partial charge >= 0.3 is 0 Å². The number of ketones is 1. The van der Waals surface area contributed by atoms with Crippen molar-refractivity contribution in [2.24, 2.45) is 0 Å². The summed E-state index contributed by atoms with van der Waals surface area (Å²) in [7, 11) is 0. The van der Waals surface area contributed by atoms with Gasteiger partial charge in [-0.1, -0.05) is 49.4 Å². The van der Waals surface area contributed by atoms with E-state index < -0.39 is 0 Å². The molecule has 1 N–H and O–H groups in total. The summed E-state index contributed by atoms with van der Waals surface area (Å²) >= 11 is 0. The largest absolute Gasteiger partial charge is 0.306 e. The van der Waals surface area contributed by atoms with Crippen LogP contribution in [0.4, 0.5) is 0 Å². The Kier molecular flexibility index (Phi) is 5.04. The number of aromatic nitrogens is 2. The van der Waals surface area contributed by atoms with E-state index in [4.69, 9.17) is 5.26 Å². The average Bonchev–Trinajstić information content (AvgIpc) is 2.68. The first-order valence-electron chi connectivity index (χ1n) is 8.27. The van der Waals surface area contributed by atoms with Crippen molar-refractivity contribution >= 4 is 5.78 Å². The third kappa shape index (κ3) is 3.93. The molecule has 1 heterocycles. The SMILES string of the molecule is CC(CC(=O)c1cc(=O)[nH]c(-c2ccccc2)n1)c1ccc(C#N)cc1. The average molecular weight is 343 g/mol. The van der Waals surface area contributed by atoms with E-state index >= 15 is 0 Å². The molecule has 3 rings (SSSR count). The fourth-order valence-corrected chi connectivity index (χ4v) is 2.72. The summed E-state index contributed by atoms with van der Waals surface area (Å²) in [5.41, 5.74) is 2.10. The lowest BCUT2D eigenvalue weighted by molar-refractivity contribution is 0.0970. The molecule has 0 spiro atoms. The summed E-state index contributed by atoms with van der Waals surface area (Å²) in [6.07, 6.45) is 0.233. The zero-order chi connectivity index (χ0) is 18.5. The van der Waals surface area contributed by atoms with Crippen molar-refractivity contribution in [1.82, 2.24) is 9.97 Å². The lowest BCUT2D eigenvalue weighted by atomic mass is 9.94. The molecule has 0 radical (unpaired) electrons. The van der Waals surface area contributed by atoms with Crippen molar-refractivity contribution in [2.75, 3.05) is 0 Å². The molecule has 2 aromatic carbocycles. The standard InChI is InChI=1S/C21H17N3O2/c1-14(16-9-7-15(13-22)8-10-16)11-19(25)18-12-20(26)24-21(23-18)17-5-3-2-4-6-17/h2-10,12,14H,11H2,1H3,(H,23,24,26). The minimum absolute atomic E-state index is 0.0449. The lowest BCUT2D eigenvalue weighted by Gasteiger charge is -2.11. The Bertz CT molecular complexity index is 1020. The molecule has 128 valence electrons. The minimum atomic E-state index is -0.353. The Hall–Kier alpha value is -3.52. The number of benzene rings is 2. The van der Waals surface area contributed by atoms with Crippen LogP contribution in [0.2, 0.25) is 0 Å². The van der Waals surface area contributed by atoms with E-state index in [0.717, 1.165) is 11.1 Å². The number of rotatable bonds is 5. The molecular formula is C21H17N3O2. The van der Waals surface area contributed by atoms with Crippen LogP contribution < -0.4 is 5.56 Å². The Morgan fingerprint density at radius 2 is 1.85 bits per heavy atom. The molecule has 5 nitrogen and oxygen atoms in total. The molecule has 0 bridgehead atoms. The molecule has 0 aliphatic rings. The van der Waals surface area contributed by atoms with E-state index in [-0.39, 0.29) is 29.4 Å². The Balaban J connectivity index is 1.82. The highest BCUT2D eigenvalue weighted by molar-refractivity contribution is 5.95. The number of Topliss-reactive ketones (excluding diaryl/α,β-unsaturated/α-hetero) is 1. The van der Waals surface area contributed by atoms with Crippen molar-refractivity contribution in [2.45, 2.75) is 19.3 Å². The third-order valence-electron chi connectivity index (χ3n) is 4.17. The number of nitrogens with one attached hydrogen (secondary N) is 1. The molecule has 0 saturated carbocycles. The van der Waals surface area contributed by atoms with Gasteiger partial charge in [-0.25, -0.2) is 4.98 Å². The number of hydrogen-bond acceptors (Lipinski definition) is 4. The van der Waals surface area contributed by atoms with Crippen molar-refractivity contribution in [3.05, 3.63) is 87.8 Å². The van der Waals surface area contributed by atoms with Gasteiger partial charge in [0.1, 0.15) is 11.5 Å². The highest BCUT2D eigenvalue weighted by atomic mass is 16.1. The third-order valence-corrected chi connectivity index (χ3v) is 4.17. The summed E-state index contributed by atoms with van der Waals surface area (Å²) in [6.45, 7) is 1.94. The second-order valence-corrected chi connectivity index (χ2v) is 6.11. The topological polar surface area (TPSA) is 86.6 Å². The highest BCUT2D eigenvalue weighted by Gasteiger charge is 2.16. The van der Waals surface area contributed by atoms with Gasteiger partial charge in [-0.3, -0.25) is 9.59 Å². The van der Waals surface area contributed by atoms with Crippen LogP contribution in [0.25, 0.3) is 11.4 Å². The molecule has 0 saturated heterocycles. The molecule has 26 heavy (non-hydrogen) atoms. The van der Waals surface area contributed by atoms with Gasteiger partial charge in [0.2, 0.25) is 0 Å². The van der Waals surface area contributed by atoms with Gasteiger partial charge < -0.3 is 4.98 Å². The van der Waals surface area contributed by atoms with Crippen molar-refractivity contribution in [3.63, 3.8) is 0 Å².